The zero-order chi connectivity index (χ0) is 9.78. The molecule has 0 aromatic heterocycles. The Kier molecular flexibility index (Phi) is 3.76. The minimum atomic E-state index is -0.425. The molecule has 0 aliphatic rings. The predicted octanol–water partition coefficient (Wildman–Crippen LogP) is 3.30. The van der Waals surface area contributed by atoms with Gasteiger partial charge in [-0.3, -0.25) is 0 Å². The third kappa shape index (κ3) is 2.23. The second kappa shape index (κ2) is 4.11. The van der Waals surface area contributed by atoms with Crippen molar-refractivity contribution in [3.8, 4) is 6.07 Å². The summed E-state index contributed by atoms with van der Waals surface area (Å²) in [6.45, 7) is 13.5. The van der Waals surface area contributed by atoms with Crippen molar-refractivity contribution in [3.63, 3.8) is 0 Å². The van der Waals surface area contributed by atoms with E-state index in [2.05, 4.69) is 19.2 Å². The van der Waals surface area contributed by atoms with Gasteiger partial charge in [-0.15, -0.1) is 13.2 Å². The number of hydrogen-bond acceptors (Lipinski definition) is 1. The highest BCUT2D eigenvalue weighted by atomic mass is 14.4. The van der Waals surface area contributed by atoms with Crippen LogP contribution in [0.2, 0.25) is 0 Å². The first kappa shape index (κ1) is 11.0. The van der Waals surface area contributed by atoms with Crippen LogP contribution in [0, 0.1) is 22.7 Å². The maximum Gasteiger partial charge on any atom is 0.0810 e. The first-order valence-electron chi connectivity index (χ1n) is 4.17. The van der Waals surface area contributed by atoms with Crippen molar-refractivity contribution in [2.45, 2.75) is 27.2 Å². The fourth-order valence-electron chi connectivity index (χ4n) is 1.23. The van der Waals surface area contributed by atoms with E-state index < -0.39 is 5.41 Å². The molecule has 0 bridgehead atoms. The highest BCUT2D eigenvalue weighted by Crippen LogP contribution is 2.34. The van der Waals surface area contributed by atoms with Gasteiger partial charge in [0.2, 0.25) is 0 Å². The number of hydrogen-bond donors (Lipinski definition) is 0. The van der Waals surface area contributed by atoms with Crippen molar-refractivity contribution >= 4 is 0 Å². The third-order valence-corrected chi connectivity index (χ3v) is 2.20. The molecule has 0 aromatic rings. The van der Waals surface area contributed by atoms with Crippen molar-refractivity contribution in [3.05, 3.63) is 24.8 Å². The summed E-state index contributed by atoms with van der Waals surface area (Å²) in [4.78, 5) is 0. The Hall–Kier alpha value is -1.03. The van der Waals surface area contributed by atoms with E-state index in [0.29, 0.717) is 6.42 Å². The number of nitriles is 1. The van der Waals surface area contributed by atoms with Crippen molar-refractivity contribution in [1.82, 2.24) is 0 Å². The quantitative estimate of drug-likeness (QED) is 0.583. The molecule has 0 saturated carbocycles. The van der Waals surface area contributed by atoms with Gasteiger partial charge < -0.3 is 0 Å². The van der Waals surface area contributed by atoms with Crippen molar-refractivity contribution in [2.75, 3.05) is 0 Å². The molecule has 0 aliphatic heterocycles. The Morgan fingerprint density at radius 1 is 1.67 bits per heavy atom. The van der Waals surface area contributed by atoms with Gasteiger partial charge in [0.1, 0.15) is 0 Å². The van der Waals surface area contributed by atoms with Crippen LogP contribution < -0.4 is 0 Å². The highest BCUT2D eigenvalue weighted by molar-refractivity contribution is 5.16. The molecule has 0 aliphatic carbocycles. The Bertz CT molecular complexity index is 220. The molecule has 66 valence electrons. The number of allylic oxidation sites excluding steroid dienone is 2. The largest absolute Gasteiger partial charge is 0.197 e. The Labute approximate surface area is 75.4 Å². The van der Waals surface area contributed by atoms with Crippen LogP contribution in [0.5, 0.6) is 0 Å². The summed E-state index contributed by atoms with van der Waals surface area (Å²) in [6, 6.07) is 2.32. The standard InChI is InChI=1S/C11H17N/c1-6-11(8-12,10(4)5)7-9(2)3/h6,10H,1-2,7H2,3-5H3. The molecule has 0 rings (SSSR count). The molecule has 0 radical (unpaired) electrons. The molecule has 0 aromatic carbocycles. The summed E-state index contributed by atoms with van der Waals surface area (Å²) in [7, 11) is 0. The fourth-order valence-corrected chi connectivity index (χ4v) is 1.23. The Morgan fingerprint density at radius 3 is 2.25 bits per heavy atom. The topological polar surface area (TPSA) is 23.8 Å². The summed E-state index contributed by atoms with van der Waals surface area (Å²) < 4.78 is 0. The lowest BCUT2D eigenvalue weighted by molar-refractivity contribution is 0.356. The zero-order valence-electron chi connectivity index (χ0n) is 8.22. The summed E-state index contributed by atoms with van der Waals surface area (Å²) >= 11 is 0. The van der Waals surface area contributed by atoms with Crippen molar-refractivity contribution < 1.29 is 0 Å². The van der Waals surface area contributed by atoms with Crippen LogP contribution in [0.25, 0.3) is 0 Å². The monoisotopic (exact) mass is 163 g/mol. The highest BCUT2D eigenvalue weighted by Gasteiger charge is 2.29. The van der Waals surface area contributed by atoms with Crippen molar-refractivity contribution in [1.29, 1.82) is 5.26 Å². The molecule has 0 amide bonds. The maximum absolute atomic E-state index is 9.03. The van der Waals surface area contributed by atoms with Gasteiger partial charge in [-0.05, 0) is 19.3 Å². The lowest BCUT2D eigenvalue weighted by atomic mass is 9.74. The SMILES string of the molecule is C=CC(C#N)(CC(=C)C)C(C)C. The van der Waals surface area contributed by atoms with E-state index in [1.165, 1.54) is 0 Å². The van der Waals surface area contributed by atoms with Gasteiger partial charge in [-0.2, -0.15) is 5.26 Å². The summed E-state index contributed by atoms with van der Waals surface area (Å²) in [5.74, 6) is 0.289. The van der Waals surface area contributed by atoms with Gasteiger partial charge in [0, 0.05) is 0 Å². The maximum atomic E-state index is 9.03. The van der Waals surface area contributed by atoms with Gasteiger partial charge in [-0.1, -0.05) is 25.5 Å². The predicted molar refractivity (Wildman–Crippen MR) is 52.5 cm³/mol. The minimum Gasteiger partial charge on any atom is -0.197 e. The van der Waals surface area contributed by atoms with Crippen LogP contribution in [0.15, 0.2) is 24.8 Å². The van der Waals surface area contributed by atoms with Crippen LogP contribution in [-0.2, 0) is 0 Å². The summed E-state index contributed by atoms with van der Waals surface area (Å²) in [6.07, 6.45) is 2.46. The minimum absolute atomic E-state index is 0.289. The molecule has 0 fully saturated rings. The molecule has 1 nitrogen and oxygen atoms in total. The smallest absolute Gasteiger partial charge is 0.0810 e. The van der Waals surface area contributed by atoms with Crippen LogP contribution in [0.1, 0.15) is 27.2 Å². The fraction of sp³-hybridized carbons (Fsp3) is 0.545. The number of nitrogens with zero attached hydrogens (tertiary/aromatic N) is 1. The lowest BCUT2D eigenvalue weighted by Gasteiger charge is -2.26. The molecule has 0 saturated heterocycles. The Balaban J connectivity index is 4.73. The van der Waals surface area contributed by atoms with E-state index in [4.69, 9.17) is 5.26 Å². The number of rotatable bonds is 4. The summed E-state index contributed by atoms with van der Waals surface area (Å²) in [5.41, 5.74) is 0.608. The third-order valence-electron chi connectivity index (χ3n) is 2.20. The molecule has 0 heterocycles. The van der Waals surface area contributed by atoms with Gasteiger partial charge in [0.05, 0.1) is 11.5 Å². The van der Waals surface area contributed by atoms with Crippen LogP contribution in [-0.4, -0.2) is 0 Å². The van der Waals surface area contributed by atoms with E-state index >= 15 is 0 Å². The van der Waals surface area contributed by atoms with E-state index in [0.717, 1.165) is 5.57 Å². The average Bonchev–Trinajstić information content (AvgIpc) is 1.99. The second-order valence-electron chi connectivity index (χ2n) is 3.64. The first-order valence-corrected chi connectivity index (χ1v) is 4.17. The molecule has 12 heavy (non-hydrogen) atoms. The lowest BCUT2D eigenvalue weighted by Crippen LogP contribution is -2.22. The summed E-state index contributed by atoms with van der Waals surface area (Å²) in [5, 5.41) is 9.03. The van der Waals surface area contributed by atoms with E-state index in [-0.39, 0.29) is 5.92 Å². The second-order valence-corrected chi connectivity index (χ2v) is 3.64. The van der Waals surface area contributed by atoms with Gasteiger partial charge in [0.25, 0.3) is 0 Å². The Morgan fingerprint density at radius 2 is 2.17 bits per heavy atom. The van der Waals surface area contributed by atoms with E-state index in [1.807, 2.05) is 20.8 Å². The molecule has 0 spiro atoms. The van der Waals surface area contributed by atoms with Crippen LogP contribution >= 0.6 is 0 Å². The molecule has 1 heteroatoms. The molecule has 0 N–H and O–H groups in total. The van der Waals surface area contributed by atoms with Gasteiger partial charge in [-0.25, -0.2) is 0 Å². The first-order chi connectivity index (χ1) is 5.48. The molecular formula is C11H17N. The zero-order valence-corrected chi connectivity index (χ0v) is 8.22. The van der Waals surface area contributed by atoms with Gasteiger partial charge in [0.15, 0.2) is 0 Å². The average molecular weight is 163 g/mol. The van der Waals surface area contributed by atoms with E-state index in [1.54, 1.807) is 6.08 Å². The van der Waals surface area contributed by atoms with Crippen LogP contribution in [0.4, 0.5) is 0 Å². The van der Waals surface area contributed by atoms with Gasteiger partial charge >= 0.3 is 0 Å². The molecular weight excluding hydrogens is 146 g/mol. The van der Waals surface area contributed by atoms with Crippen LogP contribution in [0.3, 0.4) is 0 Å². The van der Waals surface area contributed by atoms with Crippen molar-refractivity contribution in [2.24, 2.45) is 11.3 Å². The molecule has 1 unspecified atom stereocenters. The normalized spacial score (nSPS) is 14.9. The molecule has 1 atom stereocenters. The van der Waals surface area contributed by atoms with E-state index in [9.17, 15) is 0 Å².